The first-order valence-corrected chi connectivity index (χ1v) is 17.6. The van der Waals surface area contributed by atoms with E-state index in [1.807, 2.05) is 14.1 Å². The van der Waals surface area contributed by atoms with Crippen molar-refractivity contribution in [1.82, 2.24) is 5.32 Å². The van der Waals surface area contributed by atoms with E-state index in [-0.39, 0.29) is 0 Å². The fourth-order valence-electron chi connectivity index (χ4n) is 4.18. The lowest BCUT2D eigenvalue weighted by Crippen LogP contribution is -1.93. The van der Waals surface area contributed by atoms with Crippen LogP contribution in [0.4, 0.5) is 0 Å². The number of carboxylic acids is 2. The Balaban J connectivity index is -0.000000681. The number of carboxylic acid groups (broad SMARTS) is 2. The molecular formula is C38H71NO4. The maximum atomic E-state index is 10.3. The number of allylic oxidation sites excluding steroid dienone is 8. The van der Waals surface area contributed by atoms with Crippen molar-refractivity contribution >= 4 is 11.9 Å². The molecule has 0 spiro atoms. The zero-order chi connectivity index (χ0) is 32.5. The van der Waals surface area contributed by atoms with Gasteiger partial charge in [0, 0.05) is 12.8 Å². The fourth-order valence-corrected chi connectivity index (χ4v) is 4.18. The summed E-state index contributed by atoms with van der Waals surface area (Å²) >= 11 is 0. The lowest BCUT2D eigenvalue weighted by molar-refractivity contribution is -0.138. The summed E-state index contributed by atoms with van der Waals surface area (Å²) in [6.07, 6.45) is 44.6. The van der Waals surface area contributed by atoms with Crippen LogP contribution in [0.15, 0.2) is 48.6 Å². The average molecular weight is 606 g/mol. The molecule has 0 rings (SSSR count). The average Bonchev–Trinajstić information content (AvgIpc) is 2.97. The van der Waals surface area contributed by atoms with Crippen LogP contribution >= 0.6 is 0 Å². The van der Waals surface area contributed by atoms with E-state index in [0.29, 0.717) is 12.8 Å². The molecule has 0 aliphatic carbocycles. The number of unbranched alkanes of at least 4 members (excludes halogenated alkanes) is 16. The van der Waals surface area contributed by atoms with Crippen LogP contribution in [0.5, 0.6) is 0 Å². The highest BCUT2D eigenvalue weighted by Gasteiger charge is 1.96. The molecule has 0 aliphatic heterocycles. The standard InChI is InChI=1S/2C18H32O2.C2H7N/c2*1-2-3-4-5-6-7-8-9-10-11-12-13-14-15-16-17-18(19)20;1-3-2/h2*6-7,9-10H,2-5,8,11-17H2,1H3,(H,19,20);3H,1-2H3/b2*7-6-,10-9-;. The lowest BCUT2D eigenvalue weighted by Gasteiger charge is -1.98. The van der Waals surface area contributed by atoms with Gasteiger partial charge in [-0.25, -0.2) is 0 Å². The third kappa shape index (κ3) is 56.3. The number of nitrogens with one attached hydrogen (secondary N) is 1. The first-order valence-electron chi connectivity index (χ1n) is 17.6. The molecule has 0 amide bonds. The molecule has 0 aromatic carbocycles. The van der Waals surface area contributed by atoms with Crippen molar-refractivity contribution in [2.24, 2.45) is 0 Å². The molecule has 0 saturated heterocycles. The highest BCUT2D eigenvalue weighted by atomic mass is 16.4. The maximum absolute atomic E-state index is 10.3. The van der Waals surface area contributed by atoms with E-state index < -0.39 is 11.9 Å². The molecule has 0 aromatic rings. The number of hydrogen-bond donors (Lipinski definition) is 3. The van der Waals surface area contributed by atoms with Gasteiger partial charge in [0.05, 0.1) is 0 Å². The van der Waals surface area contributed by atoms with E-state index in [2.05, 4.69) is 67.8 Å². The van der Waals surface area contributed by atoms with Gasteiger partial charge >= 0.3 is 11.9 Å². The van der Waals surface area contributed by atoms with Crippen LogP contribution in [0.25, 0.3) is 0 Å². The van der Waals surface area contributed by atoms with E-state index >= 15 is 0 Å². The highest BCUT2D eigenvalue weighted by Crippen LogP contribution is 2.09. The normalized spacial score (nSPS) is 11.3. The Morgan fingerprint density at radius 1 is 0.442 bits per heavy atom. The van der Waals surface area contributed by atoms with Gasteiger partial charge in [-0.1, -0.05) is 127 Å². The number of hydrogen-bond acceptors (Lipinski definition) is 3. The second-order valence-corrected chi connectivity index (χ2v) is 11.2. The highest BCUT2D eigenvalue weighted by molar-refractivity contribution is 5.66. The molecule has 5 heteroatoms. The van der Waals surface area contributed by atoms with Crippen molar-refractivity contribution in [3.63, 3.8) is 0 Å². The Morgan fingerprint density at radius 3 is 0.977 bits per heavy atom. The van der Waals surface area contributed by atoms with Gasteiger partial charge in [0.1, 0.15) is 0 Å². The van der Waals surface area contributed by atoms with Gasteiger partial charge in [-0.05, 0) is 91.1 Å². The topological polar surface area (TPSA) is 86.6 Å². The molecule has 0 unspecified atom stereocenters. The summed E-state index contributed by atoms with van der Waals surface area (Å²) in [5.41, 5.74) is 0. The maximum Gasteiger partial charge on any atom is 0.303 e. The Labute approximate surface area is 267 Å². The molecule has 0 radical (unpaired) electrons. The van der Waals surface area contributed by atoms with Crippen molar-refractivity contribution in [3.05, 3.63) is 48.6 Å². The van der Waals surface area contributed by atoms with Gasteiger partial charge in [-0.15, -0.1) is 0 Å². The second-order valence-electron chi connectivity index (χ2n) is 11.2. The summed E-state index contributed by atoms with van der Waals surface area (Å²) in [6.45, 7) is 4.47. The Hall–Kier alpha value is -2.14. The van der Waals surface area contributed by atoms with Gasteiger partial charge in [-0.2, -0.15) is 0 Å². The molecule has 0 atom stereocenters. The molecule has 252 valence electrons. The molecule has 0 aromatic heterocycles. The number of aliphatic carboxylic acids is 2. The van der Waals surface area contributed by atoms with E-state index in [9.17, 15) is 9.59 Å². The molecule has 43 heavy (non-hydrogen) atoms. The van der Waals surface area contributed by atoms with Crippen LogP contribution < -0.4 is 5.32 Å². The van der Waals surface area contributed by atoms with E-state index in [4.69, 9.17) is 10.2 Å². The Bertz CT molecular complexity index is 611. The molecule has 0 bridgehead atoms. The van der Waals surface area contributed by atoms with E-state index in [0.717, 1.165) is 51.4 Å². The van der Waals surface area contributed by atoms with Gasteiger partial charge in [0.15, 0.2) is 0 Å². The minimum atomic E-state index is -0.671. The third-order valence-corrected chi connectivity index (χ3v) is 6.68. The van der Waals surface area contributed by atoms with Crippen molar-refractivity contribution in [2.75, 3.05) is 14.1 Å². The predicted octanol–water partition coefficient (Wildman–Crippen LogP) is 11.6. The first kappa shape index (κ1) is 45.3. The van der Waals surface area contributed by atoms with E-state index in [1.54, 1.807) is 0 Å². The summed E-state index contributed by atoms with van der Waals surface area (Å²) in [6, 6.07) is 0. The van der Waals surface area contributed by atoms with Crippen molar-refractivity contribution in [2.45, 2.75) is 168 Å². The summed E-state index contributed by atoms with van der Waals surface area (Å²) in [5.74, 6) is -1.34. The Morgan fingerprint density at radius 2 is 0.698 bits per heavy atom. The molecular weight excluding hydrogens is 534 g/mol. The molecule has 0 heterocycles. The molecule has 3 N–H and O–H groups in total. The zero-order valence-electron chi connectivity index (χ0n) is 28.8. The SMILES string of the molecule is CCCCC/C=C\C/C=C\CCCCCCCC(=O)O.CCCCC/C=C\C/C=C\CCCCCCCC(=O)O.CNC. The lowest BCUT2D eigenvalue weighted by atomic mass is 10.1. The van der Waals surface area contributed by atoms with Gasteiger partial charge in [0.2, 0.25) is 0 Å². The quantitative estimate of drug-likeness (QED) is 0.0610. The molecule has 0 fully saturated rings. The molecule has 5 nitrogen and oxygen atoms in total. The fraction of sp³-hybridized carbons (Fsp3) is 0.737. The van der Waals surface area contributed by atoms with Crippen LogP contribution in [0.1, 0.15) is 168 Å². The minimum Gasteiger partial charge on any atom is -0.481 e. The smallest absolute Gasteiger partial charge is 0.303 e. The van der Waals surface area contributed by atoms with Crippen molar-refractivity contribution in [3.8, 4) is 0 Å². The van der Waals surface area contributed by atoms with Crippen molar-refractivity contribution in [1.29, 1.82) is 0 Å². The van der Waals surface area contributed by atoms with Crippen LogP contribution in [0.3, 0.4) is 0 Å². The Kier molecular flexibility index (Phi) is 46.7. The van der Waals surface area contributed by atoms with Crippen molar-refractivity contribution < 1.29 is 19.8 Å². The first-order chi connectivity index (χ1) is 21.0. The number of carbonyl (C=O) groups is 2. The summed E-state index contributed by atoms with van der Waals surface area (Å²) in [4.78, 5) is 20.6. The van der Waals surface area contributed by atoms with Gasteiger partial charge in [-0.3, -0.25) is 9.59 Å². The second kappa shape index (κ2) is 44.3. The van der Waals surface area contributed by atoms with Crippen LogP contribution in [-0.4, -0.2) is 36.2 Å². The monoisotopic (exact) mass is 606 g/mol. The van der Waals surface area contributed by atoms with Crippen LogP contribution in [-0.2, 0) is 9.59 Å². The summed E-state index contributed by atoms with van der Waals surface area (Å²) in [5, 5.41) is 19.8. The van der Waals surface area contributed by atoms with E-state index in [1.165, 1.54) is 89.9 Å². The third-order valence-electron chi connectivity index (χ3n) is 6.68. The zero-order valence-corrected chi connectivity index (χ0v) is 28.8. The molecule has 0 saturated carbocycles. The molecule has 0 aliphatic rings. The minimum absolute atomic E-state index is 0.324. The summed E-state index contributed by atoms with van der Waals surface area (Å²) in [7, 11) is 3.75. The summed E-state index contributed by atoms with van der Waals surface area (Å²) < 4.78 is 0. The van der Waals surface area contributed by atoms with Gasteiger partial charge in [0.25, 0.3) is 0 Å². The van der Waals surface area contributed by atoms with Gasteiger partial charge < -0.3 is 15.5 Å². The van der Waals surface area contributed by atoms with Crippen LogP contribution in [0.2, 0.25) is 0 Å². The number of rotatable bonds is 28. The largest absolute Gasteiger partial charge is 0.481 e. The predicted molar refractivity (Wildman–Crippen MR) is 189 cm³/mol. The van der Waals surface area contributed by atoms with Crippen LogP contribution in [0, 0.1) is 0 Å².